The number of rotatable bonds is 7. The van der Waals surface area contributed by atoms with E-state index in [4.69, 9.17) is 9.15 Å². The number of nitrogens with one attached hydrogen (secondary N) is 1. The maximum atomic E-state index is 13.5. The molecule has 0 atom stereocenters. The van der Waals surface area contributed by atoms with Crippen LogP contribution in [0.2, 0.25) is 0 Å². The Morgan fingerprint density at radius 2 is 2.00 bits per heavy atom. The summed E-state index contributed by atoms with van der Waals surface area (Å²) in [7, 11) is 0. The van der Waals surface area contributed by atoms with E-state index in [9.17, 15) is 9.18 Å². The number of amides is 1. The molecule has 1 N–H and O–H groups in total. The molecule has 2 aromatic carbocycles. The van der Waals surface area contributed by atoms with E-state index in [1.54, 1.807) is 12.1 Å². The molecule has 0 saturated carbocycles. The highest BCUT2D eigenvalue weighted by Crippen LogP contribution is 2.20. The summed E-state index contributed by atoms with van der Waals surface area (Å²) < 4.78 is 24.6. The van der Waals surface area contributed by atoms with Crippen molar-refractivity contribution in [3.8, 4) is 5.75 Å². The van der Waals surface area contributed by atoms with Crippen LogP contribution in [0.25, 0.3) is 0 Å². The normalized spacial score (nSPS) is 10.6. The molecule has 3 aromatic rings. The van der Waals surface area contributed by atoms with Gasteiger partial charge in [-0.15, -0.1) is 10.2 Å². The number of carbonyl (C=O) groups excluding carboxylic acids is 1. The second kappa shape index (κ2) is 8.68. The number of aromatic nitrogens is 2. The van der Waals surface area contributed by atoms with Gasteiger partial charge in [0.25, 0.3) is 11.1 Å². The first kappa shape index (κ1) is 18.9. The third-order valence-electron chi connectivity index (χ3n) is 3.76. The molecule has 1 aromatic heterocycles. The van der Waals surface area contributed by atoms with Crippen LogP contribution in [0.5, 0.6) is 5.75 Å². The van der Waals surface area contributed by atoms with Crippen LogP contribution < -0.4 is 10.1 Å². The number of benzene rings is 2. The van der Waals surface area contributed by atoms with Gasteiger partial charge in [0, 0.05) is 0 Å². The van der Waals surface area contributed by atoms with E-state index < -0.39 is 5.82 Å². The van der Waals surface area contributed by atoms with Crippen LogP contribution in [0.1, 0.15) is 17.0 Å². The van der Waals surface area contributed by atoms with Gasteiger partial charge in [-0.2, -0.15) is 0 Å². The van der Waals surface area contributed by atoms with Crippen molar-refractivity contribution in [2.75, 3.05) is 11.1 Å². The lowest BCUT2D eigenvalue weighted by molar-refractivity contribution is -0.113. The molecular formula is C19H18FN3O3S. The summed E-state index contributed by atoms with van der Waals surface area (Å²) in [6, 6.07) is 11.8. The lowest BCUT2D eigenvalue weighted by atomic mass is 10.1. The first-order valence-corrected chi connectivity index (χ1v) is 9.19. The number of ether oxygens (including phenoxy) is 1. The van der Waals surface area contributed by atoms with Crippen LogP contribution in [0, 0.1) is 19.7 Å². The molecule has 0 aliphatic heterocycles. The minimum atomic E-state index is -0.487. The fourth-order valence-electron chi connectivity index (χ4n) is 2.18. The smallest absolute Gasteiger partial charge is 0.277 e. The molecule has 1 amide bonds. The summed E-state index contributed by atoms with van der Waals surface area (Å²) in [4.78, 5) is 11.9. The molecule has 0 bridgehead atoms. The fraction of sp³-hybridized carbons (Fsp3) is 0.211. The number of aryl methyl sites for hydroxylation is 2. The van der Waals surface area contributed by atoms with Gasteiger partial charge in [-0.1, -0.05) is 30.0 Å². The molecule has 8 heteroatoms. The monoisotopic (exact) mass is 387 g/mol. The average molecular weight is 387 g/mol. The van der Waals surface area contributed by atoms with Gasteiger partial charge < -0.3 is 14.5 Å². The van der Waals surface area contributed by atoms with E-state index in [0.29, 0.717) is 5.89 Å². The first-order valence-electron chi connectivity index (χ1n) is 8.21. The Kier molecular flexibility index (Phi) is 6.08. The molecule has 27 heavy (non-hydrogen) atoms. The molecule has 140 valence electrons. The van der Waals surface area contributed by atoms with E-state index >= 15 is 0 Å². The molecular weight excluding hydrogens is 369 g/mol. The molecule has 6 nitrogen and oxygen atoms in total. The predicted octanol–water partition coefficient (Wildman–Crippen LogP) is 4.14. The average Bonchev–Trinajstić information content (AvgIpc) is 3.11. The summed E-state index contributed by atoms with van der Waals surface area (Å²) >= 11 is 1.07. The number of hydrogen-bond acceptors (Lipinski definition) is 6. The summed E-state index contributed by atoms with van der Waals surface area (Å²) in [5.74, 6) is 0.198. The fourth-order valence-corrected chi connectivity index (χ4v) is 2.76. The minimum Gasteiger partial charge on any atom is -0.484 e. The molecule has 3 rings (SSSR count). The SMILES string of the molecule is Cc1ccc(OCc2nnc(SCC(=O)Nc3ccccc3F)o2)cc1C. The Hall–Kier alpha value is -2.87. The van der Waals surface area contributed by atoms with Crippen LogP contribution in [-0.4, -0.2) is 21.9 Å². The van der Waals surface area contributed by atoms with Crippen LogP contribution in [-0.2, 0) is 11.4 Å². The van der Waals surface area contributed by atoms with Crippen molar-refractivity contribution < 1.29 is 18.3 Å². The number of thioether (sulfide) groups is 1. The summed E-state index contributed by atoms with van der Waals surface area (Å²) in [5, 5.41) is 10.5. The third-order valence-corrected chi connectivity index (χ3v) is 4.58. The van der Waals surface area contributed by atoms with Crippen LogP contribution >= 0.6 is 11.8 Å². The predicted molar refractivity (Wildman–Crippen MR) is 100 cm³/mol. The molecule has 0 saturated heterocycles. The topological polar surface area (TPSA) is 77.2 Å². The van der Waals surface area contributed by atoms with E-state index in [-0.39, 0.29) is 29.2 Å². The standard InChI is InChI=1S/C19H18FN3O3S/c1-12-7-8-14(9-13(12)2)25-10-18-22-23-19(26-18)27-11-17(24)21-16-6-4-3-5-15(16)20/h3-9H,10-11H2,1-2H3,(H,21,24). The van der Waals surface area contributed by atoms with Crippen LogP contribution in [0.15, 0.2) is 52.1 Å². The number of carbonyl (C=O) groups is 1. The molecule has 0 radical (unpaired) electrons. The zero-order valence-electron chi connectivity index (χ0n) is 14.9. The summed E-state index contributed by atoms with van der Waals surface area (Å²) in [5.41, 5.74) is 2.46. The summed E-state index contributed by atoms with van der Waals surface area (Å²) in [6.45, 7) is 4.18. The molecule has 0 fully saturated rings. The molecule has 0 unspecified atom stereocenters. The van der Waals surface area contributed by atoms with Crippen molar-refractivity contribution in [3.05, 3.63) is 65.3 Å². The minimum absolute atomic E-state index is 0.0218. The Morgan fingerprint density at radius 3 is 2.78 bits per heavy atom. The molecule has 1 heterocycles. The number of para-hydroxylation sites is 1. The highest BCUT2D eigenvalue weighted by atomic mass is 32.2. The highest BCUT2D eigenvalue weighted by Gasteiger charge is 2.12. The van der Waals surface area contributed by atoms with Crippen molar-refractivity contribution in [1.82, 2.24) is 10.2 Å². The lowest BCUT2D eigenvalue weighted by Gasteiger charge is -2.06. The lowest BCUT2D eigenvalue weighted by Crippen LogP contribution is -2.14. The Balaban J connectivity index is 1.48. The number of nitrogens with zero attached hydrogens (tertiary/aromatic N) is 2. The molecule has 0 aliphatic rings. The van der Waals surface area contributed by atoms with Gasteiger partial charge in [0.15, 0.2) is 6.61 Å². The third kappa shape index (κ3) is 5.30. The largest absolute Gasteiger partial charge is 0.484 e. The van der Waals surface area contributed by atoms with Gasteiger partial charge in [-0.3, -0.25) is 4.79 Å². The van der Waals surface area contributed by atoms with Crippen molar-refractivity contribution >= 4 is 23.4 Å². The Morgan fingerprint density at radius 1 is 1.19 bits per heavy atom. The van der Waals surface area contributed by atoms with Crippen molar-refractivity contribution in [1.29, 1.82) is 0 Å². The Bertz CT molecular complexity index is 945. The van der Waals surface area contributed by atoms with E-state index in [0.717, 1.165) is 23.1 Å². The maximum absolute atomic E-state index is 13.5. The second-order valence-electron chi connectivity index (χ2n) is 5.81. The van der Waals surface area contributed by atoms with Gasteiger partial charge in [-0.05, 0) is 49.2 Å². The number of anilines is 1. The number of hydrogen-bond donors (Lipinski definition) is 1. The first-order chi connectivity index (χ1) is 13.0. The van der Waals surface area contributed by atoms with Gasteiger partial charge >= 0.3 is 0 Å². The van der Waals surface area contributed by atoms with Gasteiger partial charge in [0.2, 0.25) is 5.91 Å². The van der Waals surface area contributed by atoms with Crippen molar-refractivity contribution in [2.45, 2.75) is 25.7 Å². The number of halogens is 1. The van der Waals surface area contributed by atoms with Gasteiger partial charge in [0.05, 0.1) is 11.4 Å². The van der Waals surface area contributed by atoms with Crippen LogP contribution in [0.4, 0.5) is 10.1 Å². The van der Waals surface area contributed by atoms with Crippen molar-refractivity contribution in [2.24, 2.45) is 0 Å². The van der Waals surface area contributed by atoms with E-state index in [1.165, 1.54) is 17.7 Å². The Labute approximate surface area is 160 Å². The quantitative estimate of drug-likeness (QED) is 0.614. The zero-order valence-corrected chi connectivity index (χ0v) is 15.7. The van der Waals surface area contributed by atoms with Crippen LogP contribution in [0.3, 0.4) is 0 Å². The van der Waals surface area contributed by atoms with Gasteiger partial charge in [-0.25, -0.2) is 4.39 Å². The van der Waals surface area contributed by atoms with E-state index in [2.05, 4.69) is 15.5 Å². The van der Waals surface area contributed by atoms with Gasteiger partial charge in [0.1, 0.15) is 11.6 Å². The van der Waals surface area contributed by atoms with E-state index in [1.807, 2.05) is 32.0 Å². The molecule has 0 spiro atoms. The molecule has 0 aliphatic carbocycles. The zero-order chi connectivity index (χ0) is 19.2. The maximum Gasteiger partial charge on any atom is 0.277 e. The highest BCUT2D eigenvalue weighted by molar-refractivity contribution is 7.99. The second-order valence-corrected chi connectivity index (χ2v) is 6.74. The van der Waals surface area contributed by atoms with Crippen molar-refractivity contribution in [3.63, 3.8) is 0 Å². The summed E-state index contributed by atoms with van der Waals surface area (Å²) in [6.07, 6.45) is 0.